The van der Waals surface area contributed by atoms with E-state index in [0.29, 0.717) is 0 Å². The van der Waals surface area contributed by atoms with E-state index in [-0.39, 0.29) is 12.4 Å². The molecule has 0 spiro atoms. The number of nitrogens with zero attached hydrogens (tertiary/aromatic N) is 2. The van der Waals surface area contributed by atoms with E-state index >= 15 is 0 Å². The second-order valence-electron chi connectivity index (χ2n) is 4.21. The fourth-order valence-corrected chi connectivity index (χ4v) is 2.71. The molecular formula is C11H16N2O2S. The van der Waals surface area contributed by atoms with E-state index in [1.807, 2.05) is 5.38 Å². The molecule has 0 saturated carbocycles. The molecule has 1 aliphatic heterocycles. The van der Waals surface area contributed by atoms with Crippen LogP contribution in [-0.4, -0.2) is 31.2 Å². The van der Waals surface area contributed by atoms with Crippen molar-refractivity contribution in [2.45, 2.75) is 19.8 Å². The molecule has 1 aliphatic rings. The predicted molar refractivity (Wildman–Crippen MR) is 63.8 cm³/mol. The molecule has 0 aliphatic carbocycles. The van der Waals surface area contributed by atoms with Crippen molar-refractivity contribution in [2.24, 2.45) is 5.92 Å². The van der Waals surface area contributed by atoms with E-state index in [4.69, 9.17) is 0 Å². The highest BCUT2D eigenvalue weighted by molar-refractivity contribution is 7.13. The highest BCUT2D eigenvalue weighted by Crippen LogP contribution is 2.26. The second-order valence-corrected chi connectivity index (χ2v) is 5.05. The SMILES string of the molecule is COC(=O)Cc1csc(N2CCC(C)C2)n1. The number of rotatable bonds is 3. The topological polar surface area (TPSA) is 42.4 Å². The lowest BCUT2D eigenvalue weighted by atomic mass is 10.2. The molecule has 2 heterocycles. The Morgan fingerprint density at radius 2 is 2.56 bits per heavy atom. The van der Waals surface area contributed by atoms with Crippen LogP contribution in [0.25, 0.3) is 0 Å². The van der Waals surface area contributed by atoms with Gasteiger partial charge < -0.3 is 9.64 Å². The number of hydrogen-bond acceptors (Lipinski definition) is 5. The Labute approximate surface area is 99.2 Å². The maximum atomic E-state index is 11.1. The lowest BCUT2D eigenvalue weighted by Gasteiger charge is -2.13. The molecule has 1 atom stereocenters. The smallest absolute Gasteiger partial charge is 0.311 e. The lowest BCUT2D eigenvalue weighted by molar-refractivity contribution is -0.139. The highest BCUT2D eigenvalue weighted by Gasteiger charge is 2.21. The molecule has 1 aromatic heterocycles. The Kier molecular flexibility index (Phi) is 3.43. The molecule has 0 radical (unpaired) electrons. The Morgan fingerprint density at radius 1 is 1.75 bits per heavy atom. The summed E-state index contributed by atoms with van der Waals surface area (Å²) in [7, 11) is 1.40. The van der Waals surface area contributed by atoms with Crippen molar-refractivity contribution in [1.82, 2.24) is 4.98 Å². The van der Waals surface area contributed by atoms with Gasteiger partial charge in [0.2, 0.25) is 0 Å². The molecule has 5 heteroatoms. The molecule has 1 unspecified atom stereocenters. The number of anilines is 1. The van der Waals surface area contributed by atoms with Crippen molar-refractivity contribution >= 4 is 22.4 Å². The van der Waals surface area contributed by atoms with Crippen LogP contribution in [0.3, 0.4) is 0 Å². The summed E-state index contributed by atoms with van der Waals surface area (Å²) in [5.74, 6) is 0.514. The normalized spacial score (nSPS) is 20.1. The van der Waals surface area contributed by atoms with Crippen molar-refractivity contribution in [3.05, 3.63) is 11.1 Å². The van der Waals surface area contributed by atoms with Crippen LogP contribution in [0.2, 0.25) is 0 Å². The maximum Gasteiger partial charge on any atom is 0.311 e. The standard InChI is InChI=1S/C11H16N2O2S/c1-8-3-4-13(6-8)11-12-9(7-16-11)5-10(14)15-2/h7-8H,3-6H2,1-2H3. The van der Waals surface area contributed by atoms with Crippen LogP contribution >= 0.6 is 11.3 Å². The van der Waals surface area contributed by atoms with E-state index < -0.39 is 0 Å². The second kappa shape index (κ2) is 4.82. The summed E-state index contributed by atoms with van der Waals surface area (Å²) in [5, 5.41) is 2.97. The maximum absolute atomic E-state index is 11.1. The summed E-state index contributed by atoms with van der Waals surface area (Å²) >= 11 is 1.61. The molecule has 1 aromatic rings. The van der Waals surface area contributed by atoms with Crippen molar-refractivity contribution in [3.63, 3.8) is 0 Å². The summed E-state index contributed by atoms with van der Waals surface area (Å²) in [6.45, 7) is 4.40. The molecular weight excluding hydrogens is 224 g/mol. The van der Waals surface area contributed by atoms with E-state index in [1.165, 1.54) is 13.5 Å². The number of methoxy groups -OCH3 is 1. The first-order valence-electron chi connectivity index (χ1n) is 5.45. The van der Waals surface area contributed by atoms with Gasteiger partial charge in [-0.3, -0.25) is 4.79 Å². The number of aromatic nitrogens is 1. The van der Waals surface area contributed by atoms with Crippen LogP contribution in [0.5, 0.6) is 0 Å². The molecule has 1 saturated heterocycles. The number of hydrogen-bond donors (Lipinski definition) is 0. The van der Waals surface area contributed by atoms with Gasteiger partial charge in [0, 0.05) is 18.5 Å². The number of thiazole rings is 1. The van der Waals surface area contributed by atoms with E-state index in [2.05, 4.69) is 21.5 Å². The number of carbonyl (C=O) groups is 1. The average Bonchev–Trinajstić information content (AvgIpc) is 2.87. The minimum atomic E-state index is -0.230. The van der Waals surface area contributed by atoms with Gasteiger partial charge >= 0.3 is 5.97 Å². The van der Waals surface area contributed by atoms with E-state index in [9.17, 15) is 4.79 Å². The molecule has 0 aromatic carbocycles. The minimum absolute atomic E-state index is 0.230. The monoisotopic (exact) mass is 240 g/mol. The summed E-state index contributed by atoms with van der Waals surface area (Å²) in [6.07, 6.45) is 1.50. The van der Waals surface area contributed by atoms with Crippen LogP contribution in [-0.2, 0) is 16.0 Å². The third-order valence-electron chi connectivity index (χ3n) is 2.79. The fraction of sp³-hybridized carbons (Fsp3) is 0.636. The van der Waals surface area contributed by atoms with Crippen molar-refractivity contribution in [1.29, 1.82) is 0 Å². The van der Waals surface area contributed by atoms with Gasteiger partial charge in [-0.1, -0.05) is 6.92 Å². The van der Waals surface area contributed by atoms with E-state index in [1.54, 1.807) is 11.3 Å². The molecule has 2 rings (SSSR count). The Bertz CT molecular complexity index is 378. The molecule has 0 amide bonds. The van der Waals surface area contributed by atoms with Gasteiger partial charge in [-0.05, 0) is 12.3 Å². The van der Waals surface area contributed by atoms with Gasteiger partial charge in [0.1, 0.15) is 0 Å². The van der Waals surface area contributed by atoms with Gasteiger partial charge in [-0.15, -0.1) is 11.3 Å². The number of carbonyl (C=O) groups excluding carboxylic acids is 1. The molecule has 0 bridgehead atoms. The lowest BCUT2D eigenvalue weighted by Crippen LogP contribution is -2.18. The van der Waals surface area contributed by atoms with Gasteiger partial charge in [-0.2, -0.15) is 0 Å². The fourth-order valence-electron chi connectivity index (χ4n) is 1.85. The zero-order valence-corrected chi connectivity index (χ0v) is 10.4. The summed E-state index contributed by atoms with van der Waals surface area (Å²) in [4.78, 5) is 17.8. The molecule has 1 fully saturated rings. The van der Waals surface area contributed by atoms with Crippen molar-refractivity contribution in [3.8, 4) is 0 Å². The van der Waals surface area contributed by atoms with Crippen LogP contribution in [0.1, 0.15) is 19.0 Å². The Balaban J connectivity index is 1.99. The zero-order chi connectivity index (χ0) is 11.5. The van der Waals surface area contributed by atoms with Crippen molar-refractivity contribution < 1.29 is 9.53 Å². The Hall–Kier alpha value is -1.10. The average molecular weight is 240 g/mol. The molecule has 4 nitrogen and oxygen atoms in total. The molecule has 0 N–H and O–H groups in total. The predicted octanol–water partition coefficient (Wildman–Crippen LogP) is 1.70. The summed E-state index contributed by atoms with van der Waals surface area (Å²) < 4.78 is 4.62. The van der Waals surface area contributed by atoms with Gasteiger partial charge in [0.15, 0.2) is 5.13 Å². The van der Waals surface area contributed by atoms with Crippen LogP contribution in [0, 0.1) is 5.92 Å². The van der Waals surface area contributed by atoms with Gasteiger partial charge in [-0.25, -0.2) is 4.98 Å². The number of esters is 1. The minimum Gasteiger partial charge on any atom is -0.469 e. The van der Waals surface area contributed by atoms with Crippen molar-refractivity contribution in [2.75, 3.05) is 25.1 Å². The largest absolute Gasteiger partial charge is 0.469 e. The zero-order valence-electron chi connectivity index (χ0n) is 9.60. The van der Waals surface area contributed by atoms with Crippen LogP contribution in [0.15, 0.2) is 5.38 Å². The highest BCUT2D eigenvalue weighted by atomic mass is 32.1. The van der Waals surface area contributed by atoms with Crippen LogP contribution < -0.4 is 4.90 Å². The van der Waals surface area contributed by atoms with E-state index in [0.717, 1.165) is 29.8 Å². The van der Waals surface area contributed by atoms with Crippen LogP contribution in [0.4, 0.5) is 5.13 Å². The summed E-state index contributed by atoms with van der Waals surface area (Å²) in [5.41, 5.74) is 0.811. The molecule has 88 valence electrons. The molecule has 16 heavy (non-hydrogen) atoms. The Morgan fingerprint density at radius 3 is 3.19 bits per heavy atom. The number of ether oxygens (including phenoxy) is 1. The third kappa shape index (κ3) is 2.52. The first kappa shape index (κ1) is 11.4. The quantitative estimate of drug-likeness (QED) is 0.754. The summed E-state index contributed by atoms with van der Waals surface area (Å²) in [6, 6.07) is 0. The third-order valence-corrected chi connectivity index (χ3v) is 3.74. The first-order valence-corrected chi connectivity index (χ1v) is 6.33. The van der Waals surface area contributed by atoms with Gasteiger partial charge in [0.05, 0.1) is 19.2 Å². The van der Waals surface area contributed by atoms with Gasteiger partial charge in [0.25, 0.3) is 0 Å². The first-order chi connectivity index (χ1) is 7.69.